The first-order valence-electron chi connectivity index (χ1n) is 6.23. The molecule has 1 atom stereocenters. The number of nitrogens with zero attached hydrogens (tertiary/aromatic N) is 1. The Morgan fingerprint density at radius 2 is 2.15 bits per heavy atom. The summed E-state index contributed by atoms with van der Waals surface area (Å²) in [6.07, 6.45) is 0.655. The van der Waals surface area contributed by atoms with Crippen LogP contribution in [0.2, 0.25) is 0 Å². The number of hydrogen-bond donors (Lipinski definition) is 2. The summed E-state index contributed by atoms with van der Waals surface area (Å²) in [7, 11) is -2.15. The Bertz CT molecular complexity index is 607. The molecule has 1 aliphatic heterocycles. The van der Waals surface area contributed by atoms with E-state index in [2.05, 4.69) is 4.72 Å². The number of halogens is 2. The normalized spacial score (nSPS) is 20.5. The summed E-state index contributed by atoms with van der Waals surface area (Å²) < 4.78 is 54.1. The first kappa shape index (κ1) is 15.3. The van der Waals surface area contributed by atoms with Gasteiger partial charge in [0.15, 0.2) is 5.82 Å². The van der Waals surface area contributed by atoms with Gasteiger partial charge in [0, 0.05) is 24.7 Å². The van der Waals surface area contributed by atoms with Crippen LogP contribution in [0.5, 0.6) is 0 Å². The molecule has 1 aromatic rings. The van der Waals surface area contributed by atoms with Crippen LogP contribution in [-0.2, 0) is 16.6 Å². The van der Waals surface area contributed by atoms with Gasteiger partial charge in [-0.25, -0.2) is 21.9 Å². The van der Waals surface area contributed by atoms with E-state index in [-0.39, 0.29) is 6.04 Å². The largest absolute Gasteiger partial charge is 0.326 e. The zero-order valence-corrected chi connectivity index (χ0v) is 11.9. The summed E-state index contributed by atoms with van der Waals surface area (Å²) in [5, 5.41) is 0. The molecule has 0 saturated carbocycles. The van der Waals surface area contributed by atoms with Crippen molar-refractivity contribution >= 4 is 10.0 Å². The Kier molecular flexibility index (Phi) is 4.38. The number of likely N-dealkylation sites (tertiary alicyclic amines) is 1. The van der Waals surface area contributed by atoms with Crippen LogP contribution in [0, 0.1) is 11.6 Å². The molecule has 0 spiro atoms. The van der Waals surface area contributed by atoms with E-state index < -0.39 is 38.7 Å². The van der Waals surface area contributed by atoms with Gasteiger partial charge in [-0.05, 0) is 32.1 Å². The molecule has 1 saturated heterocycles. The third kappa shape index (κ3) is 2.98. The van der Waals surface area contributed by atoms with Crippen molar-refractivity contribution in [2.24, 2.45) is 5.73 Å². The maximum atomic E-state index is 14.0. The maximum absolute atomic E-state index is 14.0. The van der Waals surface area contributed by atoms with Gasteiger partial charge in [-0.15, -0.1) is 0 Å². The maximum Gasteiger partial charge on any atom is 0.243 e. The fourth-order valence-corrected chi connectivity index (χ4v) is 3.65. The molecule has 0 aliphatic carbocycles. The van der Waals surface area contributed by atoms with Gasteiger partial charge in [0.05, 0.1) is 0 Å². The average molecular weight is 305 g/mol. The molecule has 2 rings (SSSR count). The van der Waals surface area contributed by atoms with Crippen molar-refractivity contribution in [2.75, 3.05) is 20.1 Å². The van der Waals surface area contributed by atoms with Crippen molar-refractivity contribution in [3.05, 3.63) is 29.3 Å². The van der Waals surface area contributed by atoms with E-state index in [1.165, 1.54) is 0 Å². The lowest BCUT2D eigenvalue weighted by molar-refractivity contribution is 0.407. The summed E-state index contributed by atoms with van der Waals surface area (Å²) in [5.74, 6) is -1.96. The minimum Gasteiger partial charge on any atom is -0.326 e. The van der Waals surface area contributed by atoms with Crippen LogP contribution in [0.4, 0.5) is 8.78 Å². The quantitative estimate of drug-likeness (QED) is 0.845. The molecule has 1 unspecified atom stereocenters. The number of rotatable bonds is 4. The molecule has 0 aromatic heterocycles. The highest BCUT2D eigenvalue weighted by molar-refractivity contribution is 7.89. The molecule has 0 amide bonds. The molecule has 1 aliphatic rings. The van der Waals surface area contributed by atoms with Crippen molar-refractivity contribution in [3.8, 4) is 0 Å². The van der Waals surface area contributed by atoms with Crippen molar-refractivity contribution in [1.82, 2.24) is 9.62 Å². The molecular formula is C12H17F2N3O2S. The minimum absolute atomic E-state index is 0.268. The van der Waals surface area contributed by atoms with Gasteiger partial charge < -0.3 is 10.6 Å². The fourth-order valence-electron chi connectivity index (χ4n) is 2.28. The fraction of sp³-hybridized carbons (Fsp3) is 0.500. The van der Waals surface area contributed by atoms with Crippen LogP contribution < -0.4 is 10.5 Å². The Balaban J connectivity index is 2.30. The molecule has 1 fully saturated rings. The highest BCUT2D eigenvalue weighted by Crippen LogP contribution is 2.21. The SMILES string of the molecule is CN1CCC(NS(=O)(=O)c2ccc(F)c(CN)c2F)C1. The molecule has 8 heteroatoms. The summed E-state index contributed by atoms with van der Waals surface area (Å²) in [5.41, 5.74) is 4.82. The molecule has 1 heterocycles. The highest BCUT2D eigenvalue weighted by atomic mass is 32.2. The Morgan fingerprint density at radius 1 is 1.45 bits per heavy atom. The minimum atomic E-state index is -4.02. The molecule has 0 radical (unpaired) electrons. The molecule has 3 N–H and O–H groups in total. The van der Waals surface area contributed by atoms with Gasteiger partial charge >= 0.3 is 0 Å². The first-order chi connectivity index (χ1) is 9.35. The van der Waals surface area contributed by atoms with Gasteiger partial charge in [0.25, 0.3) is 0 Å². The third-order valence-electron chi connectivity index (χ3n) is 3.36. The summed E-state index contributed by atoms with van der Waals surface area (Å²) in [6.45, 7) is 0.937. The number of nitrogens with one attached hydrogen (secondary N) is 1. The van der Waals surface area contributed by atoms with Crippen molar-refractivity contribution in [1.29, 1.82) is 0 Å². The lowest BCUT2D eigenvalue weighted by Crippen LogP contribution is -2.37. The van der Waals surface area contributed by atoms with E-state index in [0.717, 1.165) is 18.7 Å². The van der Waals surface area contributed by atoms with Crippen LogP contribution in [0.25, 0.3) is 0 Å². The third-order valence-corrected chi connectivity index (χ3v) is 4.90. The Morgan fingerprint density at radius 3 is 2.70 bits per heavy atom. The number of benzene rings is 1. The Labute approximate surface area is 116 Å². The molecule has 0 bridgehead atoms. The van der Waals surface area contributed by atoms with E-state index in [9.17, 15) is 17.2 Å². The smallest absolute Gasteiger partial charge is 0.243 e. The second kappa shape index (κ2) is 5.72. The van der Waals surface area contributed by atoms with Crippen molar-refractivity contribution in [2.45, 2.75) is 23.9 Å². The molecule has 112 valence electrons. The van der Waals surface area contributed by atoms with Crippen LogP contribution in [0.3, 0.4) is 0 Å². The highest BCUT2D eigenvalue weighted by Gasteiger charge is 2.28. The van der Waals surface area contributed by atoms with Crippen LogP contribution in [-0.4, -0.2) is 39.5 Å². The zero-order valence-electron chi connectivity index (χ0n) is 11.1. The lowest BCUT2D eigenvalue weighted by atomic mass is 10.2. The standard InChI is InChI=1S/C12H17F2N3O2S/c1-17-5-4-8(7-17)16-20(18,19)11-3-2-10(13)9(6-15)12(11)14/h2-3,8,16H,4-7,15H2,1H3. The number of sulfonamides is 1. The zero-order chi connectivity index (χ0) is 14.9. The first-order valence-corrected chi connectivity index (χ1v) is 7.71. The summed E-state index contributed by atoms with van der Waals surface area (Å²) in [4.78, 5) is 1.41. The number of nitrogens with two attached hydrogens (primary N) is 1. The predicted octanol–water partition coefficient (Wildman–Crippen LogP) is 0.406. The van der Waals surface area contributed by atoms with E-state index in [0.29, 0.717) is 13.0 Å². The van der Waals surface area contributed by atoms with Crippen molar-refractivity contribution in [3.63, 3.8) is 0 Å². The van der Waals surface area contributed by atoms with Gasteiger partial charge in [-0.2, -0.15) is 0 Å². The average Bonchev–Trinajstić information content (AvgIpc) is 2.74. The van der Waals surface area contributed by atoms with Crippen molar-refractivity contribution < 1.29 is 17.2 Å². The van der Waals surface area contributed by atoms with E-state index in [1.807, 2.05) is 11.9 Å². The van der Waals surface area contributed by atoms with Gasteiger partial charge in [0.2, 0.25) is 10.0 Å². The molecule has 20 heavy (non-hydrogen) atoms. The monoisotopic (exact) mass is 305 g/mol. The van der Waals surface area contributed by atoms with E-state index in [1.54, 1.807) is 0 Å². The van der Waals surface area contributed by atoms with Crippen LogP contribution in [0.15, 0.2) is 17.0 Å². The van der Waals surface area contributed by atoms with Gasteiger partial charge in [-0.3, -0.25) is 0 Å². The topological polar surface area (TPSA) is 75.4 Å². The van der Waals surface area contributed by atoms with Crippen LogP contribution in [0.1, 0.15) is 12.0 Å². The Hall–Kier alpha value is -1.09. The molecule has 1 aromatic carbocycles. The number of likely N-dealkylation sites (N-methyl/N-ethyl adjacent to an activating group) is 1. The van der Waals surface area contributed by atoms with Gasteiger partial charge in [0.1, 0.15) is 10.7 Å². The predicted molar refractivity (Wildman–Crippen MR) is 70.5 cm³/mol. The summed E-state index contributed by atoms with van der Waals surface area (Å²) >= 11 is 0. The van der Waals surface area contributed by atoms with Crippen LogP contribution >= 0.6 is 0 Å². The lowest BCUT2D eigenvalue weighted by Gasteiger charge is -2.15. The second-order valence-corrected chi connectivity index (χ2v) is 6.59. The van der Waals surface area contributed by atoms with E-state index >= 15 is 0 Å². The molecular weight excluding hydrogens is 288 g/mol. The molecule has 5 nitrogen and oxygen atoms in total. The van der Waals surface area contributed by atoms with E-state index in [4.69, 9.17) is 5.73 Å². The van der Waals surface area contributed by atoms with Gasteiger partial charge in [-0.1, -0.05) is 0 Å². The number of hydrogen-bond acceptors (Lipinski definition) is 4. The second-order valence-electron chi connectivity index (χ2n) is 4.91. The summed E-state index contributed by atoms with van der Waals surface area (Å²) in [6, 6.07) is 1.57.